The highest BCUT2D eigenvalue weighted by Gasteiger charge is 2.27. The van der Waals surface area contributed by atoms with Crippen molar-refractivity contribution in [3.8, 4) is 5.75 Å². The normalized spacial score (nSPS) is 13.5. The van der Waals surface area contributed by atoms with E-state index < -0.39 is 4.92 Å². The predicted molar refractivity (Wildman–Crippen MR) is 103 cm³/mol. The third-order valence-electron chi connectivity index (χ3n) is 4.82. The van der Waals surface area contributed by atoms with Gasteiger partial charge in [-0.25, -0.2) is 9.67 Å². The number of aromatic nitrogens is 3. The van der Waals surface area contributed by atoms with Gasteiger partial charge in [-0.1, -0.05) is 0 Å². The van der Waals surface area contributed by atoms with Crippen LogP contribution in [-0.2, 0) is 11.3 Å². The lowest BCUT2D eigenvalue weighted by Crippen LogP contribution is -2.20. The van der Waals surface area contributed by atoms with Crippen molar-refractivity contribution in [2.45, 2.75) is 32.2 Å². The number of aryl methyl sites for hydroxylation is 1. The third-order valence-corrected chi connectivity index (χ3v) is 4.82. The first-order valence-corrected chi connectivity index (χ1v) is 8.92. The van der Waals surface area contributed by atoms with E-state index in [9.17, 15) is 14.9 Å². The molecule has 1 aliphatic carbocycles. The highest BCUT2D eigenvalue weighted by molar-refractivity contribution is 5.93. The Labute approximate surface area is 160 Å². The van der Waals surface area contributed by atoms with Crippen molar-refractivity contribution in [3.05, 3.63) is 51.8 Å². The zero-order chi connectivity index (χ0) is 19.8. The summed E-state index contributed by atoms with van der Waals surface area (Å²) in [7, 11) is 1.39. The van der Waals surface area contributed by atoms with Gasteiger partial charge in [-0.15, -0.1) is 0 Å². The smallest absolute Gasteiger partial charge is 0.273 e. The molecule has 2 aromatic heterocycles. The summed E-state index contributed by atoms with van der Waals surface area (Å²) in [5, 5.41) is 19.1. The predicted octanol–water partition coefficient (Wildman–Crippen LogP) is 3.17. The average Bonchev–Trinajstić information content (AvgIpc) is 3.47. The number of fused-ring (bicyclic) bond motifs is 1. The number of nitrogens with one attached hydrogen (secondary N) is 1. The fourth-order valence-electron chi connectivity index (χ4n) is 3.38. The van der Waals surface area contributed by atoms with Crippen LogP contribution in [0.1, 0.15) is 30.0 Å². The van der Waals surface area contributed by atoms with Gasteiger partial charge in [-0.3, -0.25) is 14.9 Å². The summed E-state index contributed by atoms with van der Waals surface area (Å²) in [6.07, 6.45) is 4.10. The zero-order valence-electron chi connectivity index (χ0n) is 15.5. The molecule has 0 bridgehead atoms. The Morgan fingerprint density at radius 1 is 1.39 bits per heavy atom. The molecule has 0 unspecified atom stereocenters. The van der Waals surface area contributed by atoms with Gasteiger partial charge in [0, 0.05) is 17.6 Å². The summed E-state index contributed by atoms with van der Waals surface area (Å²) in [6, 6.07) is 6.06. The van der Waals surface area contributed by atoms with E-state index in [1.165, 1.54) is 43.7 Å². The van der Waals surface area contributed by atoms with E-state index in [0.29, 0.717) is 17.3 Å². The molecule has 1 aromatic carbocycles. The minimum absolute atomic E-state index is 0.0222. The molecule has 1 amide bonds. The fraction of sp³-hybridized carbons (Fsp3) is 0.316. The number of amides is 1. The van der Waals surface area contributed by atoms with Gasteiger partial charge in [0.25, 0.3) is 5.69 Å². The number of ether oxygens (including phenoxy) is 1. The van der Waals surface area contributed by atoms with Crippen LogP contribution in [-0.4, -0.2) is 32.7 Å². The first-order valence-electron chi connectivity index (χ1n) is 8.92. The maximum absolute atomic E-state index is 12.6. The van der Waals surface area contributed by atoms with Gasteiger partial charge in [0.15, 0.2) is 5.65 Å². The van der Waals surface area contributed by atoms with E-state index in [0.717, 1.165) is 11.1 Å². The Morgan fingerprint density at radius 3 is 2.86 bits per heavy atom. The van der Waals surface area contributed by atoms with Gasteiger partial charge >= 0.3 is 0 Å². The number of carbonyl (C=O) groups excluding carboxylic acids is 1. The number of non-ortho nitro benzene ring substituents is 1. The van der Waals surface area contributed by atoms with Crippen LogP contribution in [0.3, 0.4) is 0 Å². The second-order valence-electron chi connectivity index (χ2n) is 6.81. The molecule has 1 fully saturated rings. The van der Waals surface area contributed by atoms with Crippen molar-refractivity contribution < 1.29 is 14.5 Å². The average molecular weight is 381 g/mol. The van der Waals surface area contributed by atoms with E-state index in [1.54, 1.807) is 10.9 Å². The molecule has 9 heteroatoms. The molecule has 4 rings (SSSR count). The maximum Gasteiger partial charge on any atom is 0.273 e. The first kappa shape index (κ1) is 17.9. The van der Waals surface area contributed by atoms with E-state index in [2.05, 4.69) is 15.4 Å². The molecular weight excluding hydrogens is 362 g/mol. The van der Waals surface area contributed by atoms with Crippen molar-refractivity contribution in [3.63, 3.8) is 0 Å². The summed E-state index contributed by atoms with van der Waals surface area (Å²) in [4.78, 5) is 27.4. The maximum atomic E-state index is 12.6. The van der Waals surface area contributed by atoms with Crippen LogP contribution in [0, 0.1) is 17.0 Å². The van der Waals surface area contributed by atoms with Crippen LogP contribution >= 0.6 is 0 Å². The molecule has 0 aliphatic heterocycles. The van der Waals surface area contributed by atoms with Crippen molar-refractivity contribution in [2.24, 2.45) is 0 Å². The number of hydrogen-bond acceptors (Lipinski definition) is 6. The van der Waals surface area contributed by atoms with E-state index >= 15 is 0 Å². The highest BCUT2D eigenvalue weighted by atomic mass is 16.6. The quantitative estimate of drug-likeness (QED) is 0.518. The summed E-state index contributed by atoms with van der Waals surface area (Å²) < 4.78 is 6.74. The molecular formula is C19H19N5O4. The Kier molecular flexibility index (Phi) is 4.42. The topological polar surface area (TPSA) is 112 Å². The number of rotatable bonds is 6. The van der Waals surface area contributed by atoms with Gasteiger partial charge in [0.05, 0.1) is 29.5 Å². The van der Waals surface area contributed by atoms with Crippen LogP contribution in [0.4, 0.5) is 11.4 Å². The Hall–Kier alpha value is -3.49. The minimum Gasteiger partial charge on any atom is -0.494 e. The SMILES string of the molecule is COc1cc([N+](=O)[O-])ccc1NC(=O)Cn1nc(C)c2c(C3CC3)ccnc21. The van der Waals surface area contributed by atoms with Gasteiger partial charge in [-0.2, -0.15) is 5.10 Å². The number of nitrogens with zero attached hydrogens (tertiary/aromatic N) is 4. The number of nitro groups is 1. The molecule has 0 radical (unpaired) electrons. The van der Waals surface area contributed by atoms with Crippen LogP contribution in [0.25, 0.3) is 11.0 Å². The van der Waals surface area contributed by atoms with Crippen molar-refractivity contribution in [2.75, 3.05) is 12.4 Å². The van der Waals surface area contributed by atoms with Crippen LogP contribution in [0.5, 0.6) is 5.75 Å². The van der Waals surface area contributed by atoms with Gasteiger partial charge in [0.2, 0.25) is 5.91 Å². The molecule has 0 saturated heterocycles. The minimum atomic E-state index is -0.518. The number of methoxy groups -OCH3 is 1. The molecule has 1 N–H and O–H groups in total. The third kappa shape index (κ3) is 3.26. The molecule has 144 valence electrons. The van der Waals surface area contributed by atoms with Crippen LogP contribution in [0.15, 0.2) is 30.5 Å². The Bertz CT molecular complexity index is 1090. The number of nitro benzene ring substituents is 1. The lowest BCUT2D eigenvalue weighted by molar-refractivity contribution is -0.384. The lowest BCUT2D eigenvalue weighted by Gasteiger charge is -2.10. The number of carbonyl (C=O) groups is 1. The zero-order valence-corrected chi connectivity index (χ0v) is 15.5. The van der Waals surface area contributed by atoms with Gasteiger partial charge in [0.1, 0.15) is 12.3 Å². The fourth-order valence-corrected chi connectivity index (χ4v) is 3.38. The van der Waals surface area contributed by atoms with E-state index in [-0.39, 0.29) is 23.9 Å². The van der Waals surface area contributed by atoms with Crippen molar-refractivity contribution in [1.82, 2.24) is 14.8 Å². The summed E-state index contributed by atoms with van der Waals surface area (Å²) in [5.41, 5.74) is 3.03. The second kappa shape index (κ2) is 6.91. The van der Waals surface area contributed by atoms with Crippen molar-refractivity contribution in [1.29, 1.82) is 0 Å². The van der Waals surface area contributed by atoms with Crippen LogP contribution < -0.4 is 10.1 Å². The monoisotopic (exact) mass is 381 g/mol. The van der Waals surface area contributed by atoms with Crippen LogP contribution in [0.2, 0.25) is 0 Å². The number of hydrogen-bond donors (Lipinski definition) is 1. The molecule has 1 aliphatic rings. The molecule has 1 saturated carbocycles. The van der Waals surface area contributed by atoms with Gasteiger partial charge in [-0.05, 0) is 43.4 Å². The summed E-state index contributed by atoms with van der Waals surface area (Å²) >= 11 is 0. The number of pyridine rings is 1. The Balaban J connectivity index is 1.58. The van der Waals surface area contributed by atoms with Gasteiger partial charge < -0.3 is 10.1 Å². The standard InChI is InChI=1S/C19H19N5O4/c1-11-18-14(12-3-4-12)7-8-20-19(18)23(22-11)10-17(25)21-15-6-5-13(24(26)27)9-16(15)28-2/h5-9,12H,3-4,10H2,1-2H3,(H,21,25). The molecule has 0 spiro atoms. The second-order valence-corrected chi connectivity index (χ2v) is 6.81. The molecule has 2 heterocycles. The molecule has 9 nitrogen and oxygen atoms in total. The number of benzene rings is 1. The molecule has 3 aromatic rings. The lowest BCUT2D eigenvalue weighted by atomic mass is 10.1. The first-order chi connectivity index (χ1) is 13.5. The largest absolute Gasteiger partial charge is 0.494 e. The number of anilines is 1. The summed E-state index contributed by atoms with van der Waals surface area (Å²) in [5.74, 6) is 0.452. The highest BCUT2D eigenvalue weighted by Crippen LogP contribution is 2.43. The van der Waals surface area contributed by atoms with E-state index in [4.69, 9.17) is 4.74 Å². The summed E-state index contributed by atoms with van der Waals surface area (Å²) in [6.45, 7) is 1.90. The molecule has 28 heavy (non-hydrogen) atoms. The Morgan fingerprint density at radius 2 is 2.18 bits per heavy atom. The van der Waals surface area contributed by atoms with E-state index in [1.807, 2.05) is 13.0 Å². The van der Waals surface area contributed by atoms with Crippen molar-refractivity contribution >= 4 is 28.3 Å². The molecule has 0 atom stereocenters.